The number of benzene rings is 1. The van der Waals surface area contributed by atoms with E-state index in [4.69, 9.17) is 4.74 Å². The van der Waals surface area contributed by atoms with Crippen molar-refractivity contribution in [2.75, 3.05) is 13.7 Å². The van der Waals surface area contributed by atoms with Crippen molar-refractivity contribution in [2.24, 2.45) is 0 Å². The largest absolute Gasteiger partial charge is 0.461 e. The van der Waals surface area contributed by atoms with Crippen molar-refractivity contribution >= 4 is 11.9 Å². The molecule has 0 spiro atoms. The summed E-state index contributed by atoms with van der Waals surface area (Å²) in [5.41, 5.74) is 1.77. The molecule has 1 amide bonds. The number of ether oxygens (including phenoxy) is 1. The van der Waals surface area contributed by atoms with Crippen molar-refractivity contribution < 1.29 is 14.3 Å². The first kappa shape index (κ1) is 13.3. The van der Waals surface area contributed by atoms with E-state index in [-0.39, 0.29) is 23.9 Å². The fourth-order valence-electron chi connectivity index (χ4n) is 2.34. The summed E-state index contributed by atoms with van der Waals surface area (Å²) in [6, 6.07) is 7.50. The van der Waals surface area contributed by atoms with Gasteiger partial charge in [-0.1, -0.05) is 23.4 Å². The predicted molar refractivity (Wildman–Crippen MR) is 73.1 cm³/mol. The summed E-state index contributed by atoms with van der Waals surface area (Å²) in [6.07, 6.45) is 0. The van der Waals surface area contributed by atoms with Crippen LogP contribution in [0.4, 0.5) is 0 Å². The van der Waals surface area contributed by atoms with Gasteiger partial charge in [-0.05, 0) is 18.6 Å². The molecule has 0 saturated carbocycles. The second-order valence-corrected chi connectivity index (χ2v) is 4.71. The van der Waals surface area contributed by atoms with Crippen molar-refractivity contribution in [3.8, 4) is 5.69 Å². The van der Waals surface area contributed by atoms with Crippen LogP contribution in [0.5, 0.6) is 0 Å². The molecule has 0 saturated heterocycles. The van der Waals surface area contributed by atoms with Gasteiger partial charge in [-0.15, -0.1) is 5.10 Å². The van der Waals surface area contributed by atoms with Gasteiger partial charge in [0.1, 0.15) is 0 Å². The Hall–Kier alpha value is -2.70. The Labute approximate surface area is 121 Å². The van der Waals surface area contributed by atoms with Gasteiger partial charge in [-0.2, -0.15) is 0 Å². The summed E-state index contributed by atoms with van der Waals surface area (Å²) >= 11 is 0. The molecule has 0 bridgehead atoms. The fourth-order valence-corrected chi connectivity index (χ4v) is 2.34. The number of nitrogens with zero attached hydrogens (tertiary/aromatic N) is 4. The van der Waals surface area contributed by atoms with Crippen LogP contribution >= 0.6 is 0 Å². The third-order valence-corrected chi connectivity index (χ3v) is 3.32. The van der Waals surface area contributed by atoms with E-state index >= 15 is 0 Å². The van der Waals surface area contributed by atoms with Gasteiger partial charge in [-0.25, -0.2) is 9.48 Å². The molecule has 2 heterocycles. The molecule has 1 aliphatic rings. The summed E-state index contributed by atoms with van der Waals surface area (Å²) in [5, 5.41) is 7.80. The van der Waals surface area contributed by atoms with Gasteiger partial charge in [0.05, 0.1) is 12.3 Å². The van der Waals surface area contributed by atoms with Crippen molar-refractivity contribution in [2.45, 2.75) is 13.5 Å². The number of hydrogen-bond donors (Lipinski definition) is 0. The van der Waals surface area contributed by atoms with Gasteiger partial charge in [0, 0.05) is 13.6 Å². The highest BCUT2D eigenvalue weighted by molar-refractivity contribution is 6.03. The number of fused-ring (bicyclic) bond motifs is 3. The Morgan fingerprint density at radius 2 is 2.14 bits per heavy atom. The lowest BCUT2D eigenvalue weighted by molar-refractivity contribution is 0.0512. The first-order valence-corrected chi connectivity index (χ1v) is 6.60. The average molecular weight is 286 g/mol. The number of aromatic nitrogens is 3. The molecule has 0 radical (unpaired) electrons. The van der Waals surface area contributed by atoms with Crippen LogP contribution in [-0.4, -0.2) is 45.4 Å². The molecule has 2 aromatic rings. The van der Waals surface area contributed by atoms with Crippen LogP contribution in [0.2, 0.25) is 0 Å². The van der Waals surface area contributed by atoms with Crippen LogP contribution in [0.25, 0.3) is 5.69 Å². The van der Waals surface area contributed by atoms with Crippen LogP contribution in [0.15, 0.2) is 24.3 Å². The van der Waals surface area contributed by atoms with Crippen LogP contribution in [0, 0.1) is 0 Å². The molecule has 0 atom stereocenters. The number of para-hydroxylation sites is 1. The molecule has 0 aliphatic carbocycles. The van der Waals surface area contributed by atoms with Gasteiger partial charge >= 0.3 is 5.97 Å². The number of esters is 1. The molecule has 0 N–H and O–H groups in total. The van der Waals surface area contributed by atoms with Gasteiger partial charge in [0.2, 0.25) is 5.69 Å². The van der Waals surface area contributed by atoms with E-state index in [1.54, 1.807) is 14.0 Å². The molecule has 0 fully saturated rings. The number of carbonyl (C=O) groups excluding carboxylic acids is 2. The molecule has 3 rings (SSSR count). The van der Waals surface area contributed by atoms with Crippen molar-refractivity contribution in [1.82, 2.24) is 19.9 Å². The van der Waals surface area contributed by atoms with E-state index in [9.17, 15) is 9.59 Å². The SMILES string of the molecule is CCOC(=O)c1nnn2c1C(=O)N(C)Cc1ccccc1-2. The average Bonchev–Trinajstić information content (AvgIpc) is 2.88. The Morgan fingerprint density at radius 3 is 2.90 bits per heavy atom. The lowest BCUT2D eigenvalue weighted by Gasteiger charge is -2.13. The summed E-state index contributed by atoms with van der Waals surface area (Å²) in [6.45, 7) is 2.36. The smallest absolute Gasteiger partial charge is 0.361 e. The minimum Gasteiger partial charge on any atom is -0.461 e. The summed E-state index contributed by atoms with van der Waals surface area (Å²) in [4.78, 5) is 26.0. The summed E-state index contributed by atoms with van der Waals surface area (Å²) in [7, 11) is 1.68. The molecular weight excluding hydrogens is 272 g/mol. The fraction of sp³-hybridized carbons (Fsp3) is 0.286. The van der Waals surface area contributed by atoms with E-state index in [2.05, 4.69) is 10.3 Å². The van der Waals surface area contributed by atoms with Crippen molar-refractivity contribution in [1.29, 1.82) is 0 Å². The van der Waals surface area contributed by atoms with E-state index in [0.717, 1.165) is 11.3 Å². The maximum absolute atomic E-state index is 12.5. The maximum Gasteiger partial charge on any atom is 0.361 e. The molecule has 21 heavy (non-hydrogen) atoms. The molecule has 108 valence electrons. The Kier molecular flexibility index (Phi) is 3.17. The molecule has 1 aromatic heterocycles. The minimum absolute atomic E-state index is 0.0506. The minimum atomic E-state index is -0.639. The van der Waals surface area contributed by atoms with Crippen LogP contribution in [-0.2, 0) is 11.3 Å². The third-order valence-electron chi connectivity index (χ3n) is 3.32. The first-order chi connectivity index (χ1) is 10.1. The van der Waals surface area contributed by atoms with Gasteiger partial charge in [0.15, 0.2) is 5.69 Å². The highest BCUT2D eigenvalue weighted by atomic mass is 16.5. The van der Waals surface area contributed by atoms with Gasteiger partial charge in [0.25, 0.3) is 5.91 Å². The highest BCUT2D eigenvalue weighted by Crippen LogP contribution is 2.24. The number of hydrogen-bond acceptors (Lipinski definition) is 5. The Bertz CT molecular complexity index is 723. The zero-order valence-electron chi connectivity index (χ0n) is 11.7. The van der Waals surface area contributed by atoms with Crippen molar-refractivity contribution in [3.05, 3.63) is 41.2 Å². The van der Waals surface area contributed by atoms with Crippen molar-refractivity contribution in [3.63, 3.8) is 0 Å². The van der Waals surface area contributed by atoms with E-state index in [0.29, 0.717) is 6.54 Å². The summed E-state index contributed by atoms with van der Waals surface area (Å²) < 4.78 is 6.35. The second kappa shape index (κ2) is 5.01. The molecular formula is C14H14N4O3. The zero-order valence-corrected chi connectivity index (χ0v) is 11.7. The standard InChI is InChI=1S/C14H14N4O3/c1-3-21-14(20)11-12-13(19)17(2)8-9-6-4-5-7-10(9)18(12)16-15-11/h4-7H,3,8H2,1-2H3. The Morgan fingerprint density at radius 1 is 1.38 bits per heavy atom. The Balaban J connectivity index is 2.21. The third kappa shape index (κ3) is 2.06. The van der Waals surface area contributed by atoms with E-state index in [1.165, 1.54) is 9.58 Å². The molecule has 1 aromatic carbocycles. The zero-order chi connectivity index (χ0) is 15.0. The van der Waals surface area contributed by atoms with Gasteiger partial charge in [-0.3, -0.25) is 4.79 Å². The number of amides is 1. The maximum atomic E-state index is 12.5. The molecule has 1 aliphatic heterocycles. The predicted octanol–water partition coefficient (Wildman–Crippen LogP) is 1.03. The molecule has 0 unspecified atom stereocenters. The lowest BCUT2D eigenvalue weighted by atomic mass is 10.2. The van der Waals surface area contributed by atoms with Gasteiger partial charge < -0.3 is 9.64 Å². The second-order valence-electron chi connectivity index (χ2n) is 4.71. The summed E-state index contributed by atoms with van der Waals surface area (Å²) in [5.74, 6) is -0.945. The van der Waals surface area contributed by atoms with Crippen LogP contribution in [0.3, 0.4) is 0 Å². The number of rotatable bonds is 2. The normalized spacial score (nSPS) is 13.4. The highest BCUT2D eigenvalue weighted by Gasteiger charge is 2.32. The first-order valence-electron chi connectivity index (χ1n) is 6.60. The monoisotopic (exact) mass is 286 g/mol. The van der Waals surface area contributed by atoms with Crippen LogP contribution < -0.4 is 0 Å². The van der Waals surface area contributed by atoms with Crippen LogP contribution in [0.1, 0.15) is 33.5 Å². The molecule has 7 heteroatoms. The van der Waals surface area contributed by atoms with E-state index in [1.807, 2.05) is 24.3 Å². The molecule has 7 nitrogen and oxygen atoms in total. The lowest BCUT2D eigenvalue weighted by Crippen LogP contribution is -2.27. The quantitative estimate of drug-likeness (QED) is 0.771. The number of carbonyl (C=O) groups is 2. The van der Waals surface area contributed by atoms with E-state index < -0.39 is 5.97 Å². The topological polar surface area (TPSA) is 77.3 Å².